The minimum Gasteiger partial charge on any atom is -0.330 e. The summed E-state index contributed by atoms with van der Waals surface area (Å²) in [4.78, 5) is 7.81. The molecule has 0 rings (SSSR count). The first kappa shape index (κ1) is 9.34. The van der Waals surface area contributed by atoms with Crippen molar-refractivity contribution < 1.29 is 0 Å². The Bertz CT molecular complexity index is 114. The molecule has 3 heteroatoms. The van der Waals surface area contributed by atoms with Crippen molar-refractivity contribution >= 4 is 6.01 Å². The van der Waals surface area contributed by atoms with Crippen molar-refractivity contribution in [3.8, 4) is 0 Å². The van der Waals surface area contributed by atoms with Gasteiger partial charge in [0.05, 0.1) is 12.6 Å². The summed E-state index contributed by atoms with van der Waals surface area (Å²) in [5, 5.41) is 0. The van der Waals surface area contributed by atoms with Crippen LogP contribution in [-0.2, 0) is 0 Å². The summed E-state index contributed by atoms with van der Waals surface area (Å²) in [6, 6.07) is 2.62. The molecule has 3 nitrogen and oxygen atoms in total. The van der Waals surface area contributed by atoms with E-state index in [-0.39, 0.29) is 0 Å². The van der Waals surface area contributed by atoms with Crippen molar-refractivity contribution in [2.45, 2.75) is 19.8 Å². The lowest BCUT2D eigenvalue weighted by molar-refractivity contribution is 0.845. The van der Waals surface area contributed by atoms with Crippen molar-refractivity contribution in [1.82, 2.24) is 0 Å². The van der Waals surface area contributed by atoms with Gasteiger partial charge in [-0.15, -0.1) is 0 Å². The summed E-state index contributed by atoms with van der Waals surface area (Å²) in [5.74, 6) is 0. The molecule has 10 heavy (non-hydrogen) atoms. The van der Waals surface area contributed by atoms with Gasteiger partial charge >= 0.3 is 0 Å². The summed E-state index contributed by atoms with van der Waals surface area (Å²) >= 11 is 0. The zero-order chi connectivity index (χ0) is 7.66. The van der Waals surface area contributed by atoms with E-state index in [9.17, 15) is 0 Å². The van der Waals surface area contributed by atoms with Crippen LogP contribution in [0, 0.1) is 0 Å². The molecule has 0 fully saturated rings. The second kappa shape index (κ2) is 8.34. The van der Waals surface area contributed by atoms with E-state index in [4.69, 9.17) is 5.73 Å². The Kier molecular flexibility index (Phi) is 7.79. The van der Waals surface area contributed by atoms with E-state index in [1.165, 1.54) is 0 Å². The van der Waals surface area contributed by atoms with E-state index in [0.717, 1.165) is 25.9 Å². The Morgan fingerprint density at radius 2 is 2.00 bits per heavy atom. The zero-order valence-corrected chi connectivity index (χ0v) is 6.51. The fraction of sp³-hybridized carbons (Fsp3) is 0.857. The molecule has 0 amide bonds. The number of nitrogens with zero attached hydrogens (tertiary/aromatic N) is 2. The van der Waals surface area contributed by atoms with Crippen LogP contribution in [0.2, 0.25) is 0 Å². The monoisotopic (exact) mass is 141 g/mol. The smallest absolute Gasteiger partial charge is 0.0892 e. The van der Waals surface area contributed by atoms with Gasteiger partial charge in [-0.05, 0) is 19.4 Å². The SMILES string of the molecule is CCCN=C=NCCCN. The highest BCUT2D eigenvalue weighted by molar-refractivity contribution is 5.40. The molecule has 0 aromatic heterocycles. The van der Waals surface area contributed by atoms with E-state index in [0.29, 0.717) is 6.54 Å². The van der Waals surface area contributed by atoms with Crippen molar-refractivity contribution in [2.75, 3.05) is 19.6 Å². The second-order valence-corrected chi connectivity index (χ2v) is 2.01. The van der Waals surface area contributed by atoms with Crippen LogP contribution in [0.15, 0.2) is 9.98 Å². The van der Waals surface area contributed by atoms with E-state index < -0.39 is 0 Å². The summed E-state index contributed by atoms with van der Waals surface area (Å²) in [7, 11) is 0. The highest BCUT2D eigenvalue weighted by Crippen LogP contribution is 1.76. The van der Waals surface area contributed by atoms with Gasteiger partial charge in [-0.25, -0.2) is 9.98 Å². The number of hydrogen-bond acceptors (Lipinski definition) is 3. The standard InChI is InChI=1S/C7H15N3/c1-2-5-9-7-10-6-3-4-8/h2-6,8H2,1H3. The van der Waals surface area contributed by atoms with Gasteiger partial charge in [0.1, 0.15) is 0 Å². The first-order valence-corrected chi connectivity index (χ1v) is 3.70. The van der Waals surface area contributed by atoms with Crippen LogP contribution in [0.25, 0.3) is 0 Å². The topological polar surface area (TPSA) is 50.7 Å². The number of aliphatic imine (C=N–C) groups is 2. The minimum atomic E-state index is 0.693. The Morgan fingerprint density at radius 3 is 2.60 bits per heavy atom. The first-order chi connectivity index (χ1) is 4.91. The number of rotatable bonds is 5. The molecule has 0 bridgehead atoms. The Hall–Kier alpha value is -0.660. The molecular formula is C7H15N3. The number of nitrogens with two attached hydrogens (primary N) is 1. The van der Waals surface area contributed by atoms with E-state index >= 15 is 0 Å². The third-order valence-electron chi connectivity index (χ3n) is 0.951. The average Bonchev–Trinajstić information content (AvgIpc) is 1.97. The predicted octanol–water partition coefficient (Wildman–Crippen LogP) is 0.919. The first-order valence-electron chi connectivity index (χ1n) is 3.70. The molecule has 0 saturated carbocycles. The summed E-state index contributed by atoms with van der Waals surface area (Å²) in [5.41, 5.74) is 5.25. The van der Waals surface area contributed by atoms with Crippen LogP contribution < -0.4 is 5.73 Å². The van der Waals surface area contributed by atoms with Gasteiger partial charge in [0.2, 0.25) is 0 Å². The fourth-order valence-electron chi connectivity index (χ4n) is 0.432. The molecule has 0 aromatic carbocycles. The van der Waals surface area contributed by atoms with Gasteiger partial charge in [-0.2, -0.15) is 0 Å². The van der Waals surface area contributed by atoms with Crippen LogP contribution >= 0.6 is 0 Å². The lowest BCUT2D eigenvalue weighted by atomic mass is 10.4. The van der Waals surface area contributed by atoms with E-state index in [1.807, 2.05) is 0 Å². The molecule has 0 saturated heterocycles. The fourth-order valence-corrected chi connectivity index (χ4v) is 0.432. The second-order valence-electron chi connectivity index (χ2n) is 2.01. The molecular weight excluding hydrogens is 126 g/mol. The lowest BCUT2D eigenvalue weighted by Crippen LogP contribution is -1.99. The maximum Gasteiger partial charge on any atom is 0.0892 e. The van der Waals surface area contributed by atoms with E-state index in [1.54, 1.807) is 0 Å². The maximum absolute atomic E-state index is 5.25. The Balaban J connectivity index is 3.17. The highest BCUT2D eigenvalue weighted by atomic mass is 14.8. The largest absolute Gasteiger partial charge is 0.330 e. The number of hydrogen-bond donors (Lipinski definition) is 1. The third-order valence-corrected chi connectivity index (χ3v) is 0.951. The molecule has 0 aromatic rings. The van der Waals surface area contributed by atoms with Gasteiger partial charge in [0, 0.05) is 6.54 Å². The maximum atomic E-state index is 5.25. The third kappa shape index (κ3) is 7.34. The lowest BCUT2D eigenvalue weighted by Gasteiger charge is -1.83. The van der Waals surface area contributed by atoms with Gasteiger partial charge in [0.25, 0.3) is 0 Å². The molecule has 0 unspecified atom stereocenters. The molecule has 2 N–H and O–H groups in total. The van der Waals surface area contributed by atoms with Crippen molar-refractivity contribution in [1.29, 1.82) is 0 Å². The van der Waals surface area contributed by atoms with Crippen molar-refractivity contribution in [3.63, 3.8) is 0 Å². The molecule has 0 aliphatic rings. The van der Waals surface area contributed by atoms with E-state index in [2.05, 4.69) is 22.9 Å². The Morgan fingerprint density at radius 1 is 1.30 bits per heavy atom. The summed E-state index contributed by atoms with van der Waals surface area (Å²) < 4.78 is 0. The Labute approximate surface area is 62.1 Å². The summed E-state index contributed by atoms with van der Waals surface area (Å²) in [6.45, 7) is 4.35. The van der Waals surface area contributed by atoms with Gasteiger partial charge in [-0.1, -0.05) is 6.92 Å². The summed E-state index contributed by atoms with van der Waals surface area (Å²) in [6.07, 6.45) is 1.98. The molecule has 58 valence electrons. The van der Waals surface area contributed by atoms with Crippen LogP contribution in [0.4, 0.5) is 0 Å². The van der Waals surface area contributed by atoms with Crippen molar-refractivity contribution in [3.05, 3.63) is 0 Å². The van der Waals surface area contributed by atoms with Gasteiger partial charge < -0.3 is 5.73 Å². The van der Waals surface area contributed by atoms with Crippen molar-refractivity contribution in [2.24, 2.45) is 15.7 Å². The van der Waals surface area contributed by atoms with Gasteiger partial charge in [0.15, 0.2) is 0 Å². The quantitative estimate of drug-likeness (QED) is 0.449. The van der Waals surface area contributed by atoms with Crippen LogP contribution in [0.1, 0.15) is 19.8 Å². The normalized spacial score (nSPS) is 8.60. The molecule has 0 aliphatic heterocycles. The minimum absolute atomic E-state index is 0.693. The predicted molar refractivity (Wildman–Crippen MR) is 43.6 cm³/mol. The van der Waals surface area contributed by atoms with Crippen LogP contribution in [0.5, 0.6) is 0 Å². The van der Waals surface area contributed by atoms with Crippen LogP contribution in [0.3, 0.4) is 0 Å². The molecule has 0 atom stereocenters. The average molecular weight is 141 g/mol. The molecule has 0 spiro atoms. The highest BCUT2D eigenvalue weighted by Gasteiger charge is 1.75. The molecule has 0 aliphatic carbocycles. The molecule has 0 heterocycles. The molecule has 0 radical (unpaired) electrons. The van der Waals surface area contributed by atoms with Gasteiger partial charge in [-0.3, -0.25) is 0 Å². The zero-order valence-electron chi connectivity index (χ0n) is 6.51. The van der Waals surface area contributed by atoms with Crippen LogP contribution in [-0.4, -0.2) is 25.6 Å².